The van der Waals surface area contributed by atoms with Crippen LogP contribution in [0.5, 0.6) is 11.5 Å². The second kappa shape index (κ2) is 6.11. The van der Waals surface area contributed by atoms with Crippen LogP contribution in [0.25, 0.3) is 11.0 Å². The second-order valence-corrected chi connectivity index (χ2v) is 6.11. The molecular formula is C18H15F2N3O4. The van der Waals surface area contributed by atoms with Gasteiger partial charge in [0.1, 0.15) is 0 Å². The van der Waals surface area contributed by atoms with Gasteiger partial charge in [-0.2, -0.15) is 0 Å². The Morgan fingerprint density at radius 3 is 2.59 bits per heavy atom. The van der Waals surface area contributed by atoms with Gasteiger partial charge in [0.2, 0.25) is 5.91 Å². The number of nitrogens with one attached hydrogen (secondary N) is 1. The maximum atomic E-state index is 13.0. The van der Waals surface area contributed by atoms with Crippen molar-refractivity contribution >= 4 is 22.6 Å². The lowest BCUT2D eigenvalue weighted by molar-refractivity contribution is -0.286. The van der Waals surface area contributed by atoms with E-state index in [1.54, 1.807) is 7.05 Å². The fourth-order valence-corrected chi connectivity index (χ4v) is 3.04. The number of benzene rings is 2. The molecule has 2 heterocycles. The summed E-state index contributed by atoms with van der Waals surface area (Å²) in [6, 6.07) is 11.3. The third-order valence-corrected chi connectivity index (χ3v) is 4.30. The van der Waals surface area contributed by atoms with Gasteiger partial charge >= 0.3 is 12.0 Å². The minimum Gasteiger partial charge on any atom is -0.395 e. The topological polar surface area (TPSA) is 74.5 Å². The van der Waals surface area contributed by atoms with Crippen LogP contribution >= 0.6 is 0 Å². The molecule has 0 bridgehead atoms. The monoisotopic (exact) mass is 375 g/mol. The molecule has 0 radical (unpaired) electrons. The number of aromatic nitrogens is 2. The van der Waals surface area contributed by atoms with Crippen molar-refractivity contribution in [3.05, 3.63) is 52.9 Å². The zero-order valence-electron chi connectivity index (χ0n) is 14.2. The molecule has 27 heavy (non-hydrogen) atoms. The minimum atomic E-state index is -3.71. The van der Waals surface area contributed by atoms with Gasteiger partial charge in [0.05, 0.1) is 11.0 Å². The molecule has 0 saturated heterocycles. The van der Waals surface area contributed by atoms with E-state index in [0.29, 0.717) is 5.69 Å². The first-order valence-electron chi connectivity index (χ1n) is 8.18. The van der Waals surface area contributed by atoms with Crippen molar-refractivity contribution in [2.24, 2.45) is 7.05 Å². The summed E-state index contributed by atoms with van der Waals surface area (Å²) in [7, 11) is 1.67. The van der Waals surface area contributed by atoms with Crippen molar-refractivity contribution in [2.75, 3.05) is 5.32 Å². The number of ether oxygens (including phenoxy) is 2. The van der Waals surface area contributed by atoms with E-state index in [1.165, 1.54) is 27.3 Å². The van der Waals surface area contributed by atoms with E-state index in [9.17, 15) is 18.4 Å². The Morgan fingerprint density at radius 1 is 1.11 bits per heavy atom. The van der Waals surface area contributed by atoms with E-state index in [1.807, 2.05) is 24.3 Å². The van der Waals surface area contributed by atoms with Gasteiger partial charge in [-0.1, -0.05) is 12.1 Å². The Morgan fingerprint density at radius 2 is 1.81 bits per heavy atom. The van der Waals surface area contributed by atoms with Crippen LogP contribution in [0, 0.1) is 0 Å². The molecule has 1 aromatic heterocycles. The van der Waals surface area contributed by atoms with Gasteiger partial charge in [-0.3, -0.25) is 13.9 Å². The van der Waals surface area contributed by atoms with Gasteiger partial charge in [0.25, 0.3) is 0 Å². The molecule has 9 heteroatoms. The largest absolute Gasteiger partial charge is 0.586 e. The lowest BCUT2D eigenvalue weighted by Gasteiger charge is -2.07. The lowest BCUT2D eigenvalue weighted by Crippen LogP contribution is -2.25. The quantitative estimate of drug-likeness (QED) is 0.761. The molecule has 0 aliphatic carbocycles. The molecule has 0 saturated carbocycles. The number of halogens is 2. The number of nitrogens with zero attached hydrogens (tertiary/aromatic N) is 2. The normalized spacial score (nSPS) is 14.5. The highest BCUT2D eigenvalue weighted by Crippen LogP contribution is 2.42. The van der Waals surface area contributed by atoms with E-state index in [-0.39, 0.29) is 36.1 Å². The molecule has 0 atom stereocenters. The van der Waals surface area contributed by atoms with Crippen molar-refractivity contribution in [2.45, 2.75) is 19.3 Å². The van der Waals surface area contributed by atoms with Gasteiger partial charge in [0.15, 0.2) is 11.5 Å². The highest BCUT2D eigenvalue weighted by atomic mass is 19.3. The van der Waals surface area contributed by atoms with E-state index >= 15 is 0 Å². The smallest absolute Gasteiger partial charge is 0.395 e. The van der Waals surface area contributed by atoms with Crippen molar-refractivity contribution in [3.8, 4) is 11.5 Å². The van der Waals surface area contributed by atoms with E-state index in [0.717, 1.165) is 11.0 Å². The molecule has 4 rings (SSSR count). The first-order chi connectivity index (χ1) is 12.8. The zero-order valence-corrected chi connectivity index (χ0v) is 14.2. The molecule has 1 aliphatic heterocycles. The van der Waals surface area contributed by atoms with Gasteiger partial charge in [-0.05, 0) is 24.3 Å². The third-order valence-electron chi connectivity index (χ3n) is 4.30. The summed E-state index contributed by atoms with van der Waals surface area (Å²) in [5.41, 5.74) is 1.60. The maximum absolute atomic E-state index is 13.0. The Balaban J connectivity index is 1.46. The number of aryl methyl sites for hydroxylation is 2. The first kappa shape index (κ1) is 17.1. The number of rotatable bonds is 4. The maximum Gasteiger partial charge on any atom is 0.586 e. The second-order valence-electron chi connectivity index (χ2n) is 6.11. The van der Waals surface area contributed by atoms with Crippen molar-refractivity contribution in [1.82, 2.24) is 9.13 Å². The molecule has 2 aromatic carbocycles. The third kappa shape index (κ3) is 3.12. The van der Waals surface area contributed by atoms with Crippen LogP contribution in [-0.2, 0) is 18.4 Å². The molecule has 1 N–H and O–H groups in total. The molecule has 3 aromatic rings. The molecule has 7 nitrogen and oxygen atoms in total. The van der Waals surface area contributed by atoms with Crippen molar-refractivity contribution < 1.29 is 23.0 Å². The van der Waals surface area contributed by atoms with Crippen LogP contribution in [0.2, 0.25) is 0 Å². The average Bonchev–Trinajstić information content (AvgIpc) is 3.06. The number of anilines is 1. The van der Waals surface area contributed by atoms with Crippen molar-refractivity contribution in [3.63, 3.8) is 0 Å². The molecule has 140 valence electrons. The van der Waals surface area contributed by atoms with E-state index in [4.69, 9.17) is 0 Å². The molecular weight excluding hydrogens is 360 g/mol. The van der Waals surface area contributed by atoms with Gasteiger partial charge < -0.3 is 14.8 Å². The lowest BCUT2D eigenvalue weighted by atomic mass is 10.2. The van der Waals surface area contributed by atoms with E-state index < -0.39 is 6.29 Å². The molecule has 1 amide bonds. The van der Waals surface area contributed by atoms with Gasteiger partial charge in [-0.15, -0.1) is 8.78 Å². The first-order valence-corrected chi connectivity index (χ1v) is 8.18. The SMILES string of the molecule is Cn1c(=O)n(CCC(=O)Nc2ccc3c(c2)OC(F)(F)O3)c2ccccc21. The molecule has 0 unspecified atom stereocenters. The van der Waals surface area contributed by atoms with Crippen molar-refractivity contribution in [1.29, 1.82) is 0 Å². The number of hydrogen-bond donors (Lipinski definition) is 1. The number of hydrogen-bond acceptors (Lipinski definition) is 4. The summed E-state index contributed by atoms with van der Waals surface area (Å²) in [6.45, 7) is 0.189. The Hall–Kier alpha value is -3.36. The molecule has 0 fully saturated rings. The standard InChI is InChI=1S/C18H15F2N3O4/c1-22-12-4-2-3-5-13(12)23(17(22)25)9-8-16(24)21-11-6-7-14-15(10-11)27-18(19,20)26-14/h2-7,10H,8-9H2,1H3,(H,21,24). The van der Waals surface area contributed by atoms with Crippen LogP contribution in [0.15, 0.2) is 47.3 Å². The Kier molecular flexibility index (Phi) is 3.87. The van der Waals surface area contributed by atoms with Crippen LogP contribution < -0.4 is 20.5 Å². The van der Waals surface area contributed by atoms with Crippen LogP contribution in [0.4, 0.5) is 14.5 Å². The minimum absolute atomic E-state index is 0.0402. The number of carbonyl (C=O) groups is 1. The van der Waals surface area contributed by atoms with Gasteiger partial charge in [0, 0.05) is 31.8 Å². The molecule has 1 aliphatic rings. The number of para-hydroxylation sites is 2. The number of imidazole rings is 1. The Bertz CT molecular complexity index is 1100. The zero-order chi connectivity index (χ0) is 19.2. The molecule has 0 spiro atoms. The van der Waals surface area contributed by atoms with E-state index in [2.05, 4.69) is 14.8 Å². The fraction of sp³-hybridized carbons (Fsp3) is 0.222. The van der Waals surface area contributed by atoms with Crippen LogP contribution in [0.3, 0.4) is 0 Å². The fourth-order valence-electron chi connectivity index (χ4n) is 3.04. The summed E-state index contributed by atoms with van der Waals surface area (Å²) in [5.74, 6) is -0.608. The summed E-state index contributed by atoms with van der Waals surface area (Å²) >= 11 is 0. The number of amides is 1. The average molecular weight is 375 g/mol. The number of alkyl halides is 2. The highest BCUT2D eigenvalue weighted by molar-refractivity contribution is 5.91. The highest BCUT2D eigenvalue weighted by Gasteiger charge is 2.43. The predicted molar refractivity (Wildman–Crippen MR) is 93.1 cm³/mol. The van der Waals surface area contributed by atoms with Crippen LogP contribution in [0.1, 0.15) is 6.42 Å². The summed E-state index contributed by atoms with van der Waals surface area (Å²) in [4.78, 5) is 24.6. The Labute approximate surface area is 151 Å². The van der Waals surface area contributed by atoms with Crippen LogP contribution in [-0.4, -0.2) is 21.3 Å². The number of carbonyl (C=O) groups excluding carboxylic acids is 1. The summed E-state index contributed by atoms with van der Waals surface area (Å²) < 4.78 is 37.8. The van der Waals surface area contributed by atoms with Gasteiger partial charge in [-0.25, -0.2) is 4.79 Å². The predicted octanol–water partition coefficient (Wildman–Crippen LogP) is 2.69. The summed E-state index contributed by atoms with van der Waals surface area (Å²) in [5, 5.41) is 2.60. The summed E-state index contributed by atoms with van der Waals surface area (Å²) in [6.07, 6.45) is -3.67. The number of fused-ring (bicyclic) bond motifs is 2.